The zero-order chi connectivity index (χ0) is 16.2. The molecular formula is C21H26F2. The lowest BCUT2D eigenvalue weighted by Gasteiger charge is -2.35. The first kappa shape index (κ1) is 16.4. The Hall–Kier alpha value is -1.44. The Bertz CT molecular complexity index is 580. The summed E-state index contributed by atoms with van der Waals surface area (Å²) >= 11 is 0. The molecule has 1 aromatic carbocycles. The second-order valence-electron chi connectivity index (χ2n) is 7.19. The van der Waals surface area contributed by atoms with Gasteiger partial charge in [-0.1, -0.05) is 12.2 Å². The first-order valence-corrected chi connectivity index (χ1v) is 8.92. The van der Waals surface area contributed by atoms with E-state index in [-0.39, 0.29) is 0 Å². The monoisotopic (exact) mass is 316 g/mol. The highest BCUT2D eigenvalue weighted by Gasteiger charge is 2.28. The van der Waals surface area contributed by atoms with Gasteiger partial charge in [0.25, 0.3) is 0 Å². The Morgan fingerprint density at radius 3 is 2.43 bits per heavy atom. The van der Waals surface area contributed by atoms with Crippen molar-refractivity contribution in [2.24, 2.45) is 17.8 Å². The van der Waals surface area contributed by atoms with Gasteiger partial charge in [0.15, 0.2) is 0 Å². The van der Waals surface area contributed by atoms with Crippen LogP contribution in [0.5, 0.6) is 0 Å². The topological polar surface area (TPSA) is 0 Å². The third-order valence-corrected chi connectivity index (χ3v) is 5.79. The van der Waals surface area contributed by atoms with Crippen LogP contribution in [0.3, 0.4) is 0 Å². The van der Waals surface area contributed by atoms with Crippen molar-refractivity contribution in [3.05, 3.63) is 54.1 Å². The fraction of sp³-hybridized carbons (Fsp3) is 0.524. The van der Waals surface area contributed by atoms with Gasteiger partial charge in [0.1, 0.15) is 11.6 Å². The average Bonchev–Trinajstić information content (AvgIpc) is 2.56. The number of halogens is 2. The first-order chi connectivity index (χ1) is 11.2. The summed E-state index contributed by atoms with van der Waals surface area (Å²) in [6.45, 7) is 3.85. The van der Waals surface area contributed by atoms with Crippen molar-refractivity contribution in [2.45, 2.75) is 51.4 Å². The van der Waals surface area contributed by atoms with Crippen molar-refractivity contribution in [1.29, 1.82) is 0 Å². The van der Waals surface area contributed by atoms with Gasteiger partial charge in [-0.25, -0.2) is 8.78 Å². The van der Waals surface area contributed by atoms with Gasteiger partial charge in [-0.15, -0.1) is 6.58 Å². The molecule has 0 nitrogen and oxygen atoms in total. The van der Waals surface area contributed by atoms with Crippen LogP contribution in [-0.4, -0.2) is 0 Å². The van der Waals surface area contributed by atoms with Crippen LogP contribution in [0.2, 0.25) is 0 Å². The summed E-state index contributed by atoms with van der Waals surface area (Å²) in [6.07, 6.45) is 13.8. The van der Waals surface area contributed by atoms with Crippen LogP contribution in [0.1, 0.15) is 56.9 Å². The molecule has 2 aliphatic rings. The zero-order valence-electron chi connectivity index (χ0n) is 13.7. The van der Waals surface area contributed by atoms with E-state index in [4.69, 9.17) is 0 Å². The molecule has 0 N–H and O–H groups in total. The molecule has 2 aliphatic carbocycles. The molecule has 1 saturated carbocycles. The van der Waals surface area contributed by atoms with Gasteiger partial charge < -0.3 is 0 Å². The molecule has 23 heavy (non-hydrogen) atoms. The van der Waals surface area contributed by atoms with E-state index in [2.05, 4.69) is 18.7 Å². The third-order valence-electron chi connectivity index (χ3n) is 5.79. The fourth-order valence-corrected chi connectivity index (χ4v) is 4.41. The van der Waals surface area contributed by atoms with Crippen molar-refractivity contribution in [2.75, 3.05) is 0 Å². The molecular weight excluding hydrogens is 290 g/mol. The smallest absolute Gasteiger partial charge is 0.133 e. The van der Waals surface area contributed by atoms with E-state index in [1.807, 2.05) is 0 Å². The molecule has 0 amide bonds. The second kappa shape index (κ2) is 7.42. The van der Waals surface area contributed by atoms with Crippen LogP contribution in [0.25, 0.3) is 5.57 Å². The summed E-state index contributed by atoms with van der Waals surface area (Å²) in [4.78, 5) is 0. The normalized spacial score (nSPS) is 28.3. The molecule has 0 saturated heterocycles. The molecule has 0 bridgehead atoms. The first-order valence-electron chi connectivity index (χ1n) is 8.92. The minimum Gasteiger partial charge on any atom is -0.207 e. The highest BCUT2D eigenvalue weighted by Crippen LogP contribution is 2.42. The maximum absolute atomic E-state index is 13.9. The molecule has 0 radical (unpaired) electrons. The van der Waals surface area contributed by atoms with Crippen LogP contribution >= 0.6 is 0 Å². The van der Waals surface area contributed by atoms with E-state index in [1.54, 1.807) is 6.07 Å². The van der Waals surface area contributed by atoms with Gasteiger partial charge in [0.05, 0.1) is 0 Å². The Balaban J connectivity index is 1.59. The second-order valence-corrected chi connectivity index (χ2v) is 7.19. The standard InChI is InChI=1S/C21H26F2/c1-2-3-15-4-6-16(7-5-15)17-8-10-18(11-9-17)20-13-12-19(22)14-21(20)23/h2,10,12-17H,1,3-9,11H2/t15-,16-,17?. The van der Waals surface area contributed by atoms with E-state index in [1.165, 1.54) is 31.7 Å². The summed E-state index contributed by atoms with van der Waals surface area (Å²) in [5.74, 6) is 1.47. The number of hydrogen-bond acceptors (Lipinski definition) is 0. The average molecular weight is 316 g/mol. The number of benzene rings is 1. The SMILES string of the molecule is C=CC[C@H]1CC[C@H](C2CC=C(c3ccc(F)cc3F)CC2)CC1. The third kappa shape index (κ3) is 3.91. The number of hydrogen-bond donors (Lipinski definition) is 0. The van der Waals surface area contributed by atoms with Gasteiger partial charge in [-0.05, 0) is 86.8 Å². The minimum atomic E-state index is -0.503. The maximum Gasteiger partial charge on any atom is 0.133 e. The van der Waals surface area contributed by atoms with Crippen LogP contribution in [0.15, 0.2) is 36.9 Å². The van der Waals surface area contributed by atoms with Crippen molar-refractivity contribution in [3.63, 3.8) is 0 Å². The lowest BCUT2D eigenvalue weighted by Crippen LogP contribution is -2.23. The van der Waals surface area contributed by atoms with Crippen LogP contribution in [-0.2, 0) is 0 Å². The molecule has 124 valence electrons. The van der Waals surface area contributed by atoms with E-state index in [0.717, 1.165) is 55.1 Å². The van der Waals surface area contributed by atoms with Crippen molar-refractivity contribution >= 4 is 5.57 Å². The molecule has 0 heterocycles. The summed E-state index contributed by atoms with van der Waals surface area (Å²) in [7, 11) is 0. The molecule has 1 atom stereocenters. The number of rotatable bonds is 4. The molecule has 0 aliphatic heterocycles. The van der Waals surface area contributed by atoms with E-state index in [9.17, 15) is 8.78 Å². The van der Waals surface area contributed by atoms with Crippen LogP contribution < -0.4 is 0 Å². The van der Waals surface area contributed by atoms with Crippen LogP contribution in [0.4, 0.5) is 8.78 Å². The van der Waals surface area contributed by atoms with Gasteiger partial charge in [-0.3, -0.25) is 0 Å². The molecule has 1 aromatic rings. The molecule has 0 aromatic heterocycles. The largest absolute Gasteiger partial charge is 0.207 e. The van der Waals surface area contributed by atoms with E-state index < -0.39 is 11.6 Å². The fourth-order valence-electron chi connectivity index (χ4n) is 4.41. The quantitative estimate of drug-likeness (QED) is 0.554. The summed E-state index contributed by atoms with van der Waals surface area (Å²) < 4.78 is 27.0. The molecule has 3 rings (SSSR count). The Kier molecular flexibility index (Phi) is 5.30. The highest BCUT2D eigenvalue weighted by atomic mass is 19.1. The Labute approximate surface area is 138 Å². The summed E-state index contributed by atoms with van der Waals surface area (Å²) in [5.41, 5.74) is 1.64. The zero-order valence-corrected chi connectivity index (χ0v) is 13.7. The molecule has 1 fully saturated rings. The summed E-state index contributed by atoms with van der Waals surface area (Å²) in [6, 6.07) is 3.92. The summed E-state index contributed by atoms with van der Waals surface area (Å²) in [5, 5.41) is 0. The van der Waals surface area contributed by atoms with E-state index in [0.29, 0.717) is 5.56 Å². The Morgan fingerprint density at radius 2 is 1.83 bits per heavy atom. The maximum atomic E-state index is 13.9. The van der Waals surface area contributed by atoms with Gasteiger partial charge in [0, 0.05) is 11.6 Å². The van der Waals surface area contributed by atoms with Crippen molar-refractivity contribution < 1.29 is 8.78 Å². The minimum absolute atomic E-state index is 0.431. The molecule has 2 heteroatoms. The predicted molar refractivity (Wildman–Crippen MR) is 91.9 cm³/mol. The van der Waals surface area contributed by atoms with Gasteiger partial charge >= 0.3 is 0 Å². The Morgan fingerprint density at radius 1 is 1.04 bits per heavy atom. The lowest BCUT2D eigenvalue weighted by atomic mass is 9.70. The highest BCUT2D eigenvalue weighted by molar-refractivity contribution is 5.66. The van der Waals surface area contributed by atoms with Crippen molar-refractivity contribution in [3.8, 4) is 0 Å². The van der Waals surface area contributed by atoms with Crippen molar-refractivity contribution in [1.82, 2.24) is 0 Å². The predicted octanol–water partition coefficient (Wildman–Crippen LogP) is 6.53. The molecule has 1 unspecified atom stereocenters. The van der Waals surface area contributed by atoms with Crippen LogP contribution in [0, 0.1) is 29.4 Å². The number of allylic oxidation sites excluding steroid dienone is 3. The van der Waals surface area contributed by atoms with Gasteiger partial charge in [-0.2, -0.15) is 0 Å². The molecule has 0 spiro atoms. The van der Waals surface area contributed by atoms with Gasteiger partial charge in [0.2, 0.25) is 0 Å². The lowest BCUT2D eigenvalue weighted by molar-refractivity contribution is 0.195. The van der Waals surface area contributed by atoms with E-state index >= 15 is 0 Å².